The van der Waals surface area contributed by atoms with Crippen LogP contribution in [0, 0.1) is 0 Å². The van der Waals surface area contributed by atoms with E-state index in [0.717, 1.165) is 6.54 Å². The van der Waals surface area contributed by atoms with Gasteiger partial charge in [-0.3, -0.25) is 9.88 Å². The van der Waals surface area contributed by atoms with Crippen LogP contribution in [-0.4, -0.2) is 54.6 Å². The highest BCUT2D eigenvalue weighted by atomic mass is 15.2. The first-order chi connectivity index (χ1) is 8.72. The van der Waals surface area contributed by atoms with Gasteiger partial charge in [-0.2, -0.15) is 0 Å². The van der Waals surface area contributed by atoms with Gasteiger partial charge in [-0.25, -0.2) is 0 Å². The van der Waals surface area contributed by atoms with Crippen molar-refractivity contribution in [3.63, 3.8) is 0 Å². The third-order valence-corrected chi connectivity index (χ3v) is 3.99. The average molecular weight is 248 g/mol. The minimum atomic E-state index is 0.271. The van der Waals surface area contributed by atoms with Crippen LogP contribution in [-0.2, 0) is 0 Å². The quantitative estimate of drug-likeness (QED) is 0.848. The van der Waals surface area contributed by atoms with Gasteiger partial charge in [-0.15, -0.1) is 0 Å². The Hall–Kier alpha value is -0.970. The number of aromatic nitrogens is 1. The standard InChI is InChI=1S/C14H24N4/c1-17-8-4-6-13(17)11-18(2)14(9-15)12-5-3-7-16-10-12/h3,5,7,10,13-14H,4,6,8-9,11,15H2,1-2H3. The molecule has 2 heterocycles. The highest BCUT2D eigenvalue weighted by molar-refractivity contribution is 5.14. The monoisotopic (exact) mass is 248 g/mol. The first kappa shape index (κ1) is 13.5. The fourth-order valence-electron chi connectivity index (χ4n) is 2.81. The molecule has 0 bridgehead atoms. The van der Waals surface area contributed by atoms with Gasteiger partial charge < -0.3 is 10.6 Å². The summed E-state index contributed by atoms with van der Waals surface area (Å²) >= 11 is 0. The van der Waals surface area contributed by atoms with Crippen LogP contribution in [0.25, 0.3) is 0 Å². The lowest BCUT2D eigenvalue weighted by Crippen LogP contribution is -2.40. The molecular formula is C14H24N4. The molecule has 2 unspecified atom stereocenters. The number of pyridine rings is 1. The van der Waals surface area contributed by atoms with Crippen molar-refractivity contribution < 1.29 is 0 Å². The first-order valence-corrected chi connectivity index (χ1v) is 6.73. The van der Waals surface area contributed by atoms with Gasteiger partial charge in [-0.1, -0.05) is 6.07 Å². The van der Waals surface area contributed by atoms with Gasteiger partial charge in [0.1, 0.15) is 0 Å². The number of rotatable bonds is 5. The third-order valence-electron chi connectivity index (χ3n) is 3.99. The zero-order valence-corrected chi connectivity index (χ0v) is 11.4. The molecule has 4 nitrogen and oxygen atoms in total. The molecular weight excluding hydrogens is 224 g/mol. The van der Waals surface area contributed by atoms with E-state index >= 15 is 0 Å². The molecule has 0 spiro atoms. The van der Waals surface area contributed by atoms with Crippen LogP contribution in [0.2, 0.25) is 0 Å². The van der Waals surface area contributed by atoms with Crippen molar-refractivity contribution in [2.24, 2.45) is 5.73 Å². The summed E-state index contributed by atoms with van der Waals surface area (Å²) in [6.07, 6.45) is 6.34. The molecule has 1 aromatic heterocycles. The second-order valence-corrected chi connectivity index (χ2v) is 5.25. The number of hydrogen-bond donors (Lipinski definition) is 1. The predicted octanol–water partition coefficient (Wildman–Crippen LogP) is 1.11. The molecule has 2 atom stereocenters. The highest BCUT2D eigenvalue weighted by Gasteiger charge is 2.25. The van der Waals surface area contributed by atoms with Crippen LogP contribution in [0.15, 0.2) is 24.5 Å². The number of nitrogens with zero attached hydrogens (tertiary/aromatic N) is 3. The van der Waals surface area contributed by atoms with Crippen LogP contribution < -0.4 is 5.73 Å². The van der Waals surface area contributed by atoms with Crippen molar-refractivity contribution in [3.8, 4) is 0 Å². The van der Waals surface area contributed by atoms with E-state index in [0.29, 0.717) is 12.6 Å². The molecule has 1 saturated heterocycles. The Bertz CT molecular complexity index is 354. The van der Waals surface area contributed by atoms with E-state index in [1.165, 1.54) is 24.9 Å². The second kappa shape index (κ2) is 6.27. The Balaban J connectivity index is 1.99. The summed E-state index contributed by atoms with van der Waals surface area (Å²) in [6, 6.07) is 5.03. The lowest BCUT2D eigenvalue weighted by Gasteiger charge is -2.31. The Labute approximate surface area is 110 Å². The minimum Gasteiger partial charge on any atom is -0.329 e. The van der Waals surface area contributed by atoms with Crippen molar-refractivity contribution >= 4 is 0 Å². The van der Waals surface area contributed by atoms with Crippen LogP contribution in [0.3, 0.4) is 0 Å². The molecule has 0 aromatic carbocycles. The van der Waals surface area contributed by atoms with E-state index in [-0.39, 0.29) is 6.04 Å². The molecule has 1 aromatic rings. The Morgan fingerprint density at radius 3 is 3.00 bits per heavy atom. The highest BCUT2D eigenvalue weighted by Crippen LogP contribution is 2.21. The van der Waals surface area contributed by atoms with E-state index in [4.69, 9.17) is 5.73 Å². The molecule has 0 radical (unpaired) electrons. The largest absolute Gasteiger partial charge is 0.329 e. The van der Waals surface area contributed by atoms with Crippen LogP contribution in [0.4, 0.5) is 0 Å². The molecule has 0 saturated carbocycles. The maximum absolute atomic E-state index is 5.93. The fraction of sp³-hybridized carbons (Fsp3) is 0.643. The van der Waals surface area contributed by atoms with Crippen molar-refractivity contribution in [2.75, 3.05) is 33.7 Å². The summed E-state index contributed by atoms with van der Waals surface area (Å²) < 4.78 is 0. The van der Waals surface area contributed by atoms with Crippen molar-refractivity contribution in [1.29, 1.82) is 0 Å². The molecule has 1 fully saturated rings. The van der Waals surface area contributed by atoms with E-state index in [2.05, 4.69) is 34.9 Å². The lowest BCUT2D eigenvalue weighted by molar-refractivity contribution is 0.179. The molecule has 1 aliphatic heterocycles. The molecule has 0 amide bonds. The van der Waals surface area contributed by atoms with Crippen LogP contribution in [0.5, 0.6) is 0 Å². The topological polar surface area (TPSA) is 45.4 Å². The second-order valence-electron chi connectivity index (χ2n) is 5.25. The molecule has 2 rings (SSSR count). The summed E-state index contributed by atoms with van der Waals surface area (Å²) in [7, 11) is 4.38. The summed E-state index contributed by atoms with van der Waals surface area (Å²) in [5.41, 5.74) is 7.14. The number of likely N-dealkylation sites (tertiary alicyclic amines) is 1. The Kier molecular flexibility index (Phi) is 4.69. The number of nitrogens with two attached hydrogens (primary N) is 1. The molecule has 100 valence electrons. The Morgan fingerprint density at radius 2 is 2.44 bits per heavy atom. The average Bonchev–Trinajstić information content (AvgIpc) is 2.77. The smallest absolute Gasteiger partial charge is 0.0483 e. The van der Waals surface area contributed by atoms with Crippen molar-refractivity contribution in [1.82, 2.24) is 14.8 Å². The van der Waals surface area contributed by atoms with Gasteiger partial charge in [0.05, 0.1) is 0 Å². The number of hydrogen-bond acceptors (Lipinski definition) is 4. The molecule has 1 aliphatic rings. The van der Waals surface area contributed by atoms with Crippen LogP contribution >= 0.6 is 0 Å². The summed E-state index contributed by atoms with van der Waals surface area (Å²) in [4.78, 5) is 9.01. The summed E-state index contributed by atoms with van der Waals surface area (Å²) in [5.74, 6) is 0. The van der Waals surface area contributed by atoms with E-state index in [1.807, 2.05) is 18.5 Å². The third kappa shape index (κ3) is 3.07. The molecule has 4 heteroatoms. The number of likely N-dealkylation sites (N-methyl/N-ethyl adjacent to an activating group) is 2. The first-order valence-electron chi connectivity index (χ1n) is 6.73. The van der Waals surface area contributed by atoms with Gasteiger partial charge in [0, 0.05) is 37.6 Å². The zero-order valence-electron chi connectivity index (χ0n) is 11.4. The SMILES string of the molecule is CN1CCCC1CN(C)C(CN)c1cccnc1. The minimum absolute atomic E-state index is 0.271. The Morgan fingerprint density at radius 1 is 1.61 bits per heavy atom. The maximum atomic E-state index is 5.93. The van der Waals surface area contributed by atoms with Crippen LogP contribution in [0.1, 0.15) is 24.4 Å². The van der Waals surface area contributed by atoms with Gasteiger partial charge in [-0.05, 0) is 45.1 Å². The zero-order chi connectivity index (χ0) is 13.0. The molecule has 18 heavy (non-hydrogen) atoms. The summed E-state index contributed by atoms with van der Waals surface area (Å²) in [5, 5.41) is 0. The van der Waals surface area contributed by atoms with E-state index in [1.54, 1.807) is 0 Å². The van der Waals surface area contributed by atoms with Gasteiger partial charge in [0.25, 0.3) is 0 Å². The lowest BCUT2D eigenvalue weighted by atomic mass is 10.1. The van der Waals surface area contributed by atoms with E-state index < -0.39 is 0 Å². The fourth-order valence-corrected chi connectivity index (χ4v) is 2.81. The van der Waals surface area contributed by atoms with Crippen molar-refractivity contribution in [3.05, 3.63) is 30.1 Å². The molecule has 0 aliphatic carbocycles. The van der Waals surface area contributed by atoms with Gasteiger partial charge in [0.2, 0.25) is 0 Å². The maximum Gasteiger partial charge on any atom is 0.0483 e. The van der Waals surface area contributed by atoms with Gasteiger partial charge in [0.15, 0.2) is 0 Å². The van der Waals surface area contributed by atoms with E-state index in [9.17, 15) is 0 Å². The molecule has 2 N–H and O–H groups in total. The van der Waals surface area contributed by atoms with Gasteiger partial charge >= 0.3 is 0 Å². The van der Waals surface area contributed by atoms with Crippen molar-refractivity contribution in [2.45, 2.75) is 24.9 Å². The summed E-state index contributed by atoms with van der Waals surface area (Å²) in [6.45, 7) is 2.94. The normalized spacial score (nSPS) is 22.6. The predicted molar refractivity (Wildman–Crippen MR) is 74.3 cm³/mol.